The van der Waals surface area contributed by atoms with Gasteiger partial charge in [-0.05, 0) is 43.2 Å². The van der Waals surface area contributed by atoms with Gasteiger partial charge in [-0.15, -0.1) is 0 Å². The number of ether oxygens (including phenoxy) is 1. The highest BCUT2D eigenvalue weighted by molar-refractivity contribution is 7.22. The average molecular weight is 431 g/mol. The summed E-state index contributed by atoms with van der Waals surface area (Å²) >= 11 is 1.33. The van der Waals surface area contributed by atoms with Gasteiger partial charge in [0.25, 0.3) is 0 Å². The molecular weight excluding hydrogens is 408 g/mol. The molecule has 6 heteroatoms. The molecule has 0 bridgehead atoms. The molecule has 0 aliphatic rings. The largest absolute Gasteiger partial charge is 0.459 e. The number of carbonyl (C=O) groups is 2. The Labute approximate surface area is 184 Å². The van der Waals surface area contributed by atoms with Gasteiger partial charge < -0.3 is 10.1 Å². The highest BCUT2D eigenvalue weighted by Crippen LogP contribution is 2.30. The van der Waals surface area contributed by atoms with Crippen LogP contribution in [0.2, 0.25) is 0 Å². The van der Waals surface area contributed by atoms with E-state index >= 15 is 0 Å². The maximum atomic E-state index is 13.3. The van der Waals surface area contributed by atoms with Gasteiger partial charge in [0.2, 0.25) is 5.91 Å². The first-order valence-corrected chi connectivity index (χ1v) is 10.9. The minimum atomic E-state index is -0.453. The summed E-state index contributed by atoms with van der Waals surface area (Å²) in [5.41, 5.74) is 3.00. The van der Waals surface area contributed by atoms with E-state index in [2.05, 4.69) is 10.3 Å². The fraction of sp³-hybridized carbons (Fsp3) is 0.160. The molecule has 0 atom stereocenters. The van der Waals surface area contributed by atoms with E-state index in [-0.39, 0.29) is 18.0 Å². The average Bonchev–Trinajstić information content (AvgIpc) is 3.16. The number of esters is 1. The zero-order chi connectivity index (χ0) is 21.8. The lowest BCUT2D eigenvalue weighted by Crippen LogP contribution is -2.22. The molecule has 0 saturated carbocycles. The van der Waals surface area contributed by atoms with Gasteiger partial charge in [-0.1, -0.05) is 72.0 Å². The molecule has 4 rings (SSSR count). The topological polar surface area (TPSA) is 68.3 Å². The lowest BCUT2D eigenvalue weighted by Gasteiger charge is -2.16. The van der Waals surface area contributed by atoms with Crippen molar-refractivity contribution in [1.29, 1.82) is 0 Å². The summed E-state index contributed by atoms with van der Waals surface area (Å²) in [6, 6.07) is 24.6. The number of anilines is 1. The molecular formula is C25H22N2O3S. The minimum Gasteiger partial charge on any atom is -0.459 e. The first-order chi connectivity index (χ1) is 15.0. The van der Waals surface area contributed by atoms with Crippen LogP contribution in [0.15, 0.2) is 78.9 Å². The molecule has 1 amide bonds. The quantitative estimate of drug-likeness (QED) is 0.403. The van der Waals surface area contributed by atoms with Crippen LogP contribution in [-0.2, 0) is 9.53 Å². The van der Waals surface area contributed by atoms with E-state index in [4.69, 9.17) is 4.74 Å². The van der Waals surface area contributed by atoms with Crippen LogP contribution in [0.4, 0.5) is 5.13 Å². The van der Waals surface area contributed by atoms with Crippen molar-refractivity contribution in [3.8, 4) is 0 Å². The standard InChI is InChI=1S/C25H22N2O3S/c1-16(2)30-24(29)19-13-14-20-21(15-19)31-25(26-20)27-23(28)22(17-9-5-3-6-10-17)18-11-7-4-8-12-18/h3-16,22H,1-2H3,(H,26,27,28). The first kappa shape index (κ1) is 20.8. The molecule has 31 heavy (non-hydrogen) atoms. The molecule has 0 unspecified atom stereocenters. The Morgan fingerprint density at radius 3 is 2.10 bits per heavy atom. The van der Waals surface area contributed by atoms with Gasteiger partial charge in [-0.3, -0.25) is 4.79 Å². The van der Waals surface area contributed by atoms with Crippen molar-refractivity contribution >= 4 is 38.6 Å². The summed E-state index contributed by atoms with van der Waals surface area (Å²) in [5.74, 6) is -0.981. The van der Waals surface area contributed by atoms with Crippen molar-refractivity contribution in [2.75, 3.05) is 5.32 Å². The number of thiazole rings is 1. The number of nitrogens with one attached hydrogen (secondary N) is 1. The number of rotatable bonds is 6. The number of amides is 1. The zero-order valence-electron chi connectivity index (χ0n) is 17.2. The normalized spacial score (nSPS) is 11.1. The predicted molar refractivity (Wildman–Crippen MR) is 124 cm³/mol. The summed E-state index contributed by atoms with van der Waals surface area (Å²) in [7, 11) is 0. The Morgan fingerprint density at radius 2 is 1.52 bits per heavy atom. The van der Waals surface area contributed by atoms with Crippen molar-refractivity contribution < 1.29 is 14.3 Å². The monoisotopic (exact) mass is 430 g/mol. The Hall–Kier alpha value is -3.51. The molecule has 1 aromatic heterocycles. The summed E-state index contributed by atoms with van der Waals surface area (Å²) in [6.07, 6.45) is -0.188. The number of hydrogen-bond donors (Lipinski definition) is 1. The smallest absolute Gasteiger partial charge is 0.338 e. The van der Waals surface area contributed by atoms with Crippen molar-refractivity contribution in [3.05, 3.63) is 95.6 Å². The molecule has 0 aliphatic heterocycles. The van der Waals surface area contributed by atoms with E-state index in [1.165, 1.54) is 11.3 Å². The van der Waals surface area contributed by atoms with Crippen LogP contribution < -0.4 is 5.32 Å². The molecule has 4 aromatic rings. The molecule has 0 aliphatic carbocycles. The molecule has 5 nitrogen and oxygen atoms in total. The van der Waals surface area contributed by atoms with Gasteiger partial charge in [0.05, 0.1) is 27.8 Å². The van der Waals surface area contributed by atoms with Crippen molar-refractivity contribution in [1.82, 2.24) is 4.98 Å². The first-order valence-electron chi connectivity index (χ1n) is 10.0. The number of aromatic nitrogens is 1. The lowest BCUT2D eigenvalue weighted by atomic mass is 9.90. The van der Waals surface area contributed by atoms with E-state index < -0.39 is 5.92 Å². The number of benzene rings is 3. The third kappa shape index (κ3) is 4.81. The Bertz CT molecular complexity index is 1160. The number of nitrogens with zero attached hydrogens (tertiary/aromatic N) is 1. The SMILES string of the molecule is CC(C)OC(=O)c1ccc2nc(NC(=O)C(c3ccccc3)c3ccccc3)sc2c1. The van der Waals surface area contributed by atoms with Crippen molar-refractivity contribution in [2.45, 2.75) is 25.9 Å². The van der Waals surface area contributed by atoms with E-state index in [1.807, 2.05) is 74.5 Å². The van der Waals surface area contributed by atoms with Crippen LogP contribution in [0.1, 0.15) is 41.3 Å². The van der Waals surface area contributed by atoms with Crippen LogP contribution in [-0.4, -0.2) is 23.0 Å². The van der Waals surface area contributed by atoms with Crippen LogP contribution in [0.25, 0.3) is 10.2 Å². The Kier molecular flexibility index (Phi) is 6.09. The number of hydrogen-bond acceptors (Lipinski definition) is 5. The molecule has 1 N–H and O–H groups in total. The van der Waals surface area contributed by atoms with E-state index in [0.29, 0.717) is 10.7 Å². The van der Waals surface area contributed by atoms with Crippen LogP contribution in [0, 0.1) is 0 Å². The molecule has 3 aromatic carbocycles. The Morgan fingerprint density at radius 1 is 0.903 bits per heavy atom. The summed E-state index contributed by atoms with van der Waals surface area (Å²) in [5, 5.41) is 3.45. The summed E-state index contributed by atoms with van der Waals surface area (Å²) < 4.78 is 6.07. The molecule has 0 fully saturated rings. The molecule has 0 saturated heterocycles. The second-order valence-electron chi connectivity index (χ2n) is 7.40. The second kappa shape index (κ2) is 9.10. The highest BCUT2D eigenvalue weighted by atomic mass is 32.1. The van der Waals surface area contributed by atoms with Crippen molar-refractivity contribution in [3.63, 3.8) is 0 Å². The zero-order valence-corrected chi connectivity index (χ0v) is 18.1. The third-order valence-electron chi connectivity index (χ3n) is 4.73. The Balaban J connectivity index is 1.61. The van der Waals surface area contributed by atoms with Crippen LogP contribution in [0.3, 0.4) is 0 Å². The maximum absolute atomic E-state index is 13.3. The van der Waals surface area contributed by atoms with Gasteiger partial charge in [0, 0.05) is 0 Å². The minimum absolute atomic E-state index is 0.157. The molecule has 0 radical (unpaired) electrons. The maximum Gasteiger partial charge on any atom is 0.338 e. The lowest BCUT2D eigenvalue weighted by molar-refractivity contribution is -0.116. The van der Waals surface area contributed by atoms with E-state index in [1.54, 1.807) is 18.2 Å². The highest BCUT2D eigenvalue weighted by Gasteiger charge is 2.23. The van der Waals surface area contributed by atoms with Crippen LogP contribution in [0.5, 0.6) is 0 Å². The predicted octanol–water partition coefficient (Wildman–Crippen LogP) is 5.63. The van der Waals surface area contributed by atoms with Gasteiger partial charge >= 0.3 is 5.97 Å². The van der Waals surface area contributed by atoms with Gasteiger partial charge in [-0.2, -0.15) is 0 Å². The van der Waals surface area contributed by atoms with Gasteiger partial charge in [0.15, 0.2) is 5.13 Å². The van der Waals surface area contributed by atoms with Crippen LogP contribution >= 0.6 is 11.3 Å². The molecule has 156 valence electrons. The summed E-state index contributed by atoms with van der Waals surface area (Å²) in [4.78, 5) is 30.0. The van der Waals surface area contributed by atoms with E-state index in [0.717, 1.165) is 21.3 Å². The summed E-state index contributed by atoms with van der Waals surface area (Å²) in [6.45, 7) is 3.62. The number of carbonyl (C=O) groups excluding carboxylic acids is 2. The third-order valence-corrected chi connectivity index (χ3v) is 5.66. The number of fused-ring (bicyclic) bond motifs is 1. The fourth-order valence-electron chi connectivity index (χ4n) is 3.35. The molecule has 1 heterocycles. The van der Waals surface area contributed by atoms with Gasteiger partial charge in [-0.25, -0.2) is 9.78 Å². The fourth-order valence-corrected chi connectivity index (χ4v) is 4.26. The van der Waals surface area contributed by atoms with Crippen molar-refractivity contribution in [2.24, 2.45) is 0 Å². The molecule has 0 spiro atoms. The second-order valence-corrected chi connectivity index (χ2v) is 8.43. The van der Waals surface area contributed by atoms with Gasteiger partial charge in [0.1, 0.15) is 0 Å². The van der Waals surface area contributed by atoms with E-state index in [9.17, 15) is 9.59 Å².